The van der Waals surface area contributed by atoms with E-state index in [1.54, 1.807) is 12.4 Å². The second-order valence-electron chi connectivity index (χ2n) is 8.91. The van der Waals surface area contributed by atoms with Gasteiger partial charge in [0.05, 0.1) is 24.5 Å². The summed E-state index contributed by atoms with van der Waals surface area (Å²) in [6, 6.07) is 3.76. The topological polar surface area (TPSA) is 106 Å². The van der Waals surface area contributed by atoms with Crippen LogP contribution in [0.15, 0.2) is 35.5 Å². The Morgan fingerprint density at radius 3 is 2.70 bits per heavy atom. The van der Waals surface area contributed by atoms with Gasteiger partial charge in [-0.05, 0) is 41.9 Å². The van der Waals surface area contributed by atoms with Crippen LogP contribution in [-0.4, -0.2) is 32.5 Å². The van der Waals surface area contributed by atoms with E-state index in [-0.39, 0.29) is 17.3 Å². The molecule has 7 nitrogen and oxygen atoms in total. The fraction of sp³-hybridized carbons (Fsp3) is 0.591. The molecule has 0 radical (unpaired) electrons. The average molecular weight is 436 g/mol. The molecular formula is C22H34ClN5O2. The average Bonchev–Trinajstić information content (AvgIpc) is 2.69. The smallest absolute Gasteiger partial charge is 0.287 e. The monoisotopic (exact) mass is 435 g/mol. The molecule has 0 saturated heterocycles. The van der Waals surface area contributed by atoms with Crippen molar-refractivity contribution in [3.8, 4) is 0 Å². The number of nitrogens with one attached hydrogen (secondary N) is 1. The van der Waals surface area contributed by atoms with Crippen molar-refractivity contribution in [3.63, 3.8) is 0 Å². The van der Waals surface area contributed by atoms with E-state index in [9.17, 15) is 9.90 Å². The number of nitrogen functional groups attached to an aromatic ring is 1. The number of aromatic nitrogens is 3. The van der Waals surface area contributed by atoms with Crippen molar-refractivity contribution in [3.05, 3.63) is 51.7 Å². The third kappa shape index (κ3) is 8.05. The maximum atomic E-state index is 11.8. The zero-order valence-corrected chi connectivity index (χ0v) is 18.9. The lowest BCUT2D eigenvalue weighted by Gasteiger charge is -2.33. The van der Waals surface area contributed by atoms with Gasteiger partial charge in [-0.2, -0.15) is 5.10 Å². The molecule has 1 aliphatic rings. The molecule has 0 aliphatic heterocycles. The first kappa shape index (κ1) is 24.3. The van der Waals surface area contributed by atoms with Crippen LogP contribution in [0.25, 0.3) is 0 Å². The third-order valence-electron chi connectivity index (χ3n) is 5.31. The summed E-state index contributed by atoms with van der Waals surface area (Å²) in [4.78, 5) is 15.7. The lowest BCUT2D eigenvalue weighted by molar-refractivity contribution is 0.144. The Labute approximate surface area is 183 Å². The van der Waals surface area contributed by atoms with Gasteiger partial charge >= 0.3 is 0 Å². The quantitative estimate of drug-likeness (QED) is 0.643. The predicted molar refractivity (Wildman–Crippen MR) is 121 cm³/mol. The van der Waals surface area contributed by atoms with Gasteiger partial charge in [0.2, 0.25) is 0 Å². The summed E-state index contributed by atoms with van der Waals surface area (Å²) in [6.45, 7) is 8.12. The Balaban J connectivity index is 0.000000297. The number of halogens is 1. The van der Waals surface area contributed by atoms with Gasteiger partial charge in [-0.3, -0.25) is 9.78 Å². The molecule has 2 atom stereocenters. The first-order valence-electron chi connectivity index (χ1n) is 10.5. The summed E-state index contributed by atoms with van der Waals surface area (Å²) in [5.74, 6) is 0.980. The zero-order chi connectivity index (χ0) is 22.1. The molecule has 2 aromatic rings. The molecule has 30 heavy (non-hydrogen) atoms. The Bertz CT molecular complexity index is 841. The number of anilines is 1. The number of nitrogens with two attached hydrogens (primary N) is 1. The Hall–Kier alpha value is -1.96. The van der Waals surface area contributed by atoms with E-state index in [1.807, 2.05) is 12.1 Å². The third-order valence-corrected chi connectivity index (χ3v) is 5.69. The number of pyridine rings is 1. The summed E-state index contributed by atoms with van der Waals surface area (Å²) in [7, 11) is 0. The molecule has 8 heteroatoms. The number of aliphatic hydroxyl groups is 1. The number of rotatable bonds is 6. The fourth-order valence-corrected chi connectivity index (χ4v) is 3.98. The first-order valence-corrected chi connectivity index (χ1v) is 10.8. The minimum absolute atomic E-state index is 0.0438. The highest BCUT2D eigenvalue weighted by Crippen LogP contribution is 2.37. The van der Waals surface area contributed by atoms with Crippen LogP contribution in [0.3, 0.4) is 0 Å². The van der Waals surface area contributed by atoms with Crippen LogP contribution in [0.1, 0.15) is 52.0 Å². The van der Waals surface area contributed by atoms with E-state index >= 15 is 0 Å². The minimum atomic E-state index is -0.767. The Kier molecular flexibility index (Phi) is 9.27. The highest BCUT2D eigenvalue weighted by atomic mass is 35.5. The van der Waals surface area contributed by atoms with Gasteiger partial charge in [0.1, 0.15) is 5.02 Å². The largest absolute Gasteiger partial charge is 0.396 e. The van der Waals surface area contributed by atoms with Crippen LogP contribution in [0, 0.1) is 11.3 Å². The number of hydrogen-bond acceptors (Lipinski definition) is 6. The molecule has 0 aromatic carbocycles. The van der Waals surface area contributed by atoms with Gasteiger partial charge in [-0.1, -0.05) is 45.2 Å². The SMILES string of the molecule is CC1CCCC(C)(C)C1.Nc1cnn(CC(O)CNCc2ccncc2)c(=O)c1Cl. The molecule has 0 bridgehead atoms. The molecule has 0 amide bonds. The van der Waals surface area contributed by atoms with E-state index in [1.165, 1.54) is 31.9 Å². The van der Waals surface area contributed by atoms with Gasteiger partial charge in [0.25, 0.3) is 5.56 Å². The maximum absolute atomic E-state index is 11.8. The molecule has 2 heterocycles. The van der Waals surface area contributed by atoms with Crippen molar-refractivity contribution in [2.24, 2.45) is 11.3 Å². The van der Waals surface area contributed by atoms with Crippen LogP contribution in [0.5, 0.6) is 0 Å². The van der Waals surface area contributed by atoms with Crippen LogP contribution in [0.4, 0.5) is 5.69 Å². The Morgan fingerprint density at radius 1 is 1.40 bits per heavy atom. The molecule has 2 aromatic heterocycles. The van der Waals surface area contributed by atoms with Crippen LogP contribution < -0.4 is 16.6 Å². The van der Waals surface area contributed by atoms with Crippen molar-refractivity contribution < 1.29 is 5.11 Å². The second-order valence-corrected chi connectivity index (χ2v) is 9.29. The molecule has 1 aliphatic carbocycles. The van der Waals surface area contributed by atoms with Gasteiger partial charge < -0.3 is 16.2 Å². The van der Waals surface area contributed by atoms with Gasteiger partial charge in [0.15, 0.2) is 0 Å². The molecule has 2 unspecified atom stereocenters. The second kappa shape index (κ2) is 11.4. The maximum Gasteiger partial charge on any atom is 0.287 e. The van der Waals surface area contributed by atoms with Crippen LogP contribution in [0.2, 0.25) is 5.02 Å². The summed E-state index contributed by atoms with van der Waals surface area (Å²) in [5, 5.41) is 16.8. The predicted octanol–water partition coefficient (Wildman–Crippen LogP) is 3.25. The number of aliphatic hydroxyl groups excluding tert-OH is 1. The standard InChI is InChI=1S/C13H16ClN5O2.C9H18/c14-12-11(15)7-18-19(13(12)21)8-10(20)6-17-5-9-1-3-16-4-2-9;1-8-5-4-6-9(2,3)7-8/h1-4,7,10,17,20H,5-6,8,15H2;8H,4-7H2,1-3H3. The van der Waals surface area contributed by atoms with Crippen LogP contribution >= 0.6 is 11.6 Å². The highest BCUT2D eigenvalue weighted by Gasteiger charge is 2.24. The molecule has 4 N–H and O–H groups in total. The Morgan fingerprint density at radius 2 is 2.10 bits per heavy atom. The normalized spacial score (nSPS) is 18.9. The molecule has 166 valence electrons. The van der Waals surface area contributed by atoms with E-state index in [0.717, 1.165) is 16.2 Å². The van der Waals surface area contributed by atoms with Crippen molar-refractivity contribution in [1.82, 2.24) is 20.1 Å². The van der Waals surface area contributed by atoms with E-state index in [0.29, 0.717) is 18.5 Å². The first-order chi connectivity index (χ1) is 14.2. The van der Waals surface area contributed by atoms with Crippen molar-refractivity contribution in [2.75, 3.05) is 12.3 Å². The van der Waals surface area contributed by atoms with Gasteiger partial charge in [0, 0.05) is 25.5 Å². The van der Waals surface area contributed by atoms with Crippen LogP contribution in [-0.2, 0) is 13.1 Å². The molecular weight excluding hydrogens is 402 g/mol. The van der Waals surface area contributed by atoms with Crippen molar-refractivity contribution in [1.29, 1.82) is 0 Å². The van der Waals surface area contributed by atoms with E-state index in [2.05, 4.69) is 36.2 Å². The summed E-state index contributed by atoms with van der Waals surface area (Å²) in [5.41, 5.74) is 6.80. The molecule has 0 spiro atoms. The van der Waals surface area contributed by atoms with Crippen molar-refractivity contribution >= 4 is 17.3 Å². The molecule has 3 rings (SSSR count). The number of nitrogens with zero attached hydrogens (tertiary/aromatic N) is 3. The minimum Gasteiger partial charge on any atom is -0.396 e. The fourth-order valence-electron chi connectivity index (χ4n) is 3.83. The highest BCUT2D eigenvalue weighted by molar-refractivity contribution is 6.32. The zero-order valence-electron chi connectivity index (χ0n) is 18.1. The lowest BCUT2D eigenvalue weighted by atomic mass is 9.73. The molecule has 1 fully saturated rings. The van der Waals surface area contributed by atoms with E-state index in [4.69, 9.17) is 17.3 Å². The summed E-state index contributed by atoms with van der Waals surface area (Å²) >= 11 is 5.75. The van der Waals surface area contributed by atoms with E-state index < -0.39 is 11.7 Å². The lowest BCUT2D eigenvalue weighted by Crippen LogP contribution is -2.35. The number of hydrogen-bond donors (Lipinski definition) is 3. The summed E-state index contributed by atoms with van der Waals surface area (Å²) < 4.78 is 1.09. The molecule has 1 saturated carbocycles. The van der Waals surface area contributed by atoms with Crippen molar-refractivity contribution in [2.45, 2.75) is 65.6 Å². The van der Waals surface area contributed by atoms with Gasteiger partial charge in [-0.15, -0.1) is 0 Å². The summed E-state index contributed by atoms with van der Waals surface area (Å²) in [6.07, 6.45) is 9.72. The van der Waals surface area contributed by atoms with Gasteiger partial charge in [-0.25, -0.2) is 4.68 Å².